The van der Waals surface area contributed by atoms with Crippen molar-refractivity contribution in [3.05, 3.63) is 52.5 Å². The van der Waals surface area contributed by atoms with E-state index in [2.05, 4.69) is 5.32 Å². The Morgan fingerprint density at radius 2 is 1.72 bits per heavy atom. The maximum Gasteiger partial charge on any atom is 0.253 e. The summed E-state index contributed by atoms with van der Waals surface area (Å²) in [6.07, 6.45) is 1.23. The summed E-state index contributed by atoms with van der Waals surface area (Å²) < 4.78 is 10.5. The molecule has 1 aliphatic heterocycles. The molecule has 1 saturated heterocycles. The van der Waals surface area contributed by atoms with Crippen molar-refractivity contribution in [3.8, 4) is 11.5 Å². The van der Waals surface area contributed by atoms with E-state index in [1.807, 2.05) is 13.0 Å². The largest absolute Gasteiger partial charge is 0.493 e. The number of benzene rings is 2. The summed E-state index contributed by atoms with van der Waals surface area (Å²) in [5.41, 5.74) is 2.23. The molecule has 2 aromatic carbocycles. The SMILES string of the molecule is COc1ccc(C(=O)N2CCC(C(=O)Nc3cc(Cl)ccc3C)CC2)cc1OC. The molecule has 1 fully saturated rings. The Kier molecular flexibility index (Phi) is 6.64. The minimum Gasteiger partial charge on any atom is -0.493 e. The quantitative estimate of drug-likeness (QED) is 0.794. The highest BCUT2D eigenvalue weighted by Crippen LogP contribution is 2.29. The van der Waals surface area contributed by atoms with E-state index in [-0.39, 0.29) is 17.7 Å². The third-order valence-electron chi connectivity index (χ3n) is 5.24. The Labute approximate surface area is 175 Å². The zero-order valence-corrected chi connectivity index (χ0v) is 17.6. The minimum absolute atomic E-state index is 0.0337. The molecule has 1 aliphatic rings. The lowest BCUT2D eigenvalue weighted by atomic mass is 9.95. The lowest BCUT2D eigenvalue weighted by molar-refractivity contribution is -0.121. The van der Waals surface area contributed by atoms with Crippen molar-refractivity contribution < 1.29 is 19.1 Å². The highest BCUT2D eigenvalue weighted by molar-refractivity contribution is 6.31. The van der Waals surface area contributed by atoms with Crippen LogP contribution in [0.15, 0.2) is 36.4 Å². The van der Waals surface area contributed by atoms with Crippen LogP contribution in [-0.4, -0.2) is 44.0 Å². The van der Waals surface area contributed by atoms with Crippen molar-refractivity contribution in [2.75, 3.05) is 32.6 Å². The lowest BCUT2D eigenvalue weighted by Crippen LogP contribution is -2.41. The van der Waals surface area contributed by atoms with Gasteiger partial charge in [0, 0.05) is 35.3 Å². The summed E-state index contributed by atoms with van der Waals surface area (Å²) in [7, 11) is 3.10. The number of carbonyl (C=O) groups excluding carboxylic acids is 2. The third kappa shape index (κ3) is 4.82. The summed E-state index contributed by atoms with van der Waals surface area (Å²) in [5.74, 6) is 0.854. The average molecular weight is 417 g/mol. The van der Waals surface area contributed by atoms with Gasteiger partial charge in [0.25, 0.3) is 5.91 Å². The first-order valence-corrected chi connectivity index (χ1v) is 9.89. The summed E-state index contributed by atoms with van der Waals surface area (Å²) in [6.45, 7) is 2.98. The van der Waals surface area contributed by atoms with Gasteiger partial charge in [-0.05, 0) is 55.7 Å². The normalized spacial score (nSPS) is 14.4. The van der Waals surface area contributed by atoms with Gasteiger partial charge < -0.3 is 19.7 Å². The van der Waals surface area contributed by atoms with E-state index >= 15 is 0 Å². The number of hydrogen-bond acceptors (Lipinski definition) is 4. The lowest BCUT2D eigenvalue weighted by Gasteiger charge is -2.31. The van der Waals surface area contributed by atoms with E-state index in [9.17, 15) is 9.59 Å². The van der Waals surface area contributed by atoms with Crippen molar-refractivity contribution in [2.45, 2.75) is 19.8 Å². The monoisotopic (exact) mass is 416 g/mol. The Bertz CT molecular complexity index is 908. The Morgan fingerprint density at radius 3 is 2.38 bits per heavy atom. The molecule has 154 valence electrons. The van der Waals surface area contributed by atoms with Crippen LogP contribution in [0.3, 0.4) is 0 Å². The van der Waals surface area contributed by atoms with Gasteiger partial charge in [0.1, 0.15) is 0 Å². The van der Waals surface area contributed by atoms with Gasteiger partial charge in [0.05, 0.1) is 14.2 Å². The van der Waals surface area contributed by atoms with Crippen molar-refractivity contribution in [1.29, 1.82) is 0 Å². The maximum atomic E-state index is 12.8. The molecule has 2 amide bonds. The molecule has 29 heavy (non-hydrogen) atoms. The summed E-state index contributed by atoms with van der Waals surface area (Å²) >= 11 is 6.03. The van der Waals surface area contributed by atoms with E-state index in [1.54, 1.807) is 42.3 Å². The van der Waals surface area contributed by atoms with Crippen molar-refractivity contribution in [1.82, 2.24) is 4.90 Å². The van der Waals surface area contributed by atoms with Gasteiger partial charge in [-0.1, -0.05) is 17.7 Å². The van der Waals surface area contributed by atoms with Gasteiger partial charge >= 0.3 is 0 Å². The number of ether oxygens (including phenoxy) is 2. The van der Waals surface area contributed by atoms with Crippen molar-refractivity contribution in [2.24, 2.45) is 5.92 Å². The summed E-state index contributed by atoms with van der Waals surface area (Å²) in [5, 5.41) is 3.55. The van der Waals surface area contributed by atoms with Crippen LogP contribution >= 0.6 is 11.6 Å². The molecule has 0 aromatic heterocycles. The van der Waals surface area contributed by atoms with Crippen LogP contribution in [0, 0.1) is 12.8 Å². The maximum absolute atomic E-state index is 12.8. The number of rotatable bonds is 5. The Hall–Kier alpha value is -2.73. The molecule has 7 heteroatoms. The Morgan fingerprint density at radius 1 is 1.03 bits per heavy atom. The summed E-state index contributed by atoms with van der Waals surface area (Å²) in [6, 6.07) is 10.6. The molecule has 0 radical (unpaired) electrons. The number of likely N-dealkylation sites (tertiary alicyclic amines) is 1. The number of hydrogen-bond donors (Lipinski definition) is 1. The molecule has 1 heterocycles. The summed E-state index contributed by atoms with van der Waals surface area (Å²) in [4.78, 5) is 27.2. The highest BCUT2D eigenvalue weighted by Gasteiger charge is 2.28. The molecular formula is C22H25ClN2O4. The highest BCUT2D eigenvalue weighted by atomic mass is 35.5. The fourth-order valence-corrected chi connectivity index (χ4v) is 3.63. The standard InChI is InChI=1S/C22H25ClN2O4/c1-14-4-6-17(23)13-18(14)24-21(26)15-8-10-25(11-9-15)22(27)16-5-7-19(28-2)20(12-16)29-3/h4-7,12-13,15H,8-11H2,1-3H3,(H,24,26). The van der Waals surface area contributed by atoms with Gasteiger partial charge in [-0.3, -0.25) is 9.59 Å². The number of piperidine rings is 1. The van der Waals surface area contributed by atoms with E-state index < -0.39 is 0 Å². The van der Waals surface area contributed by atoms with Gasteiger partial charge in [-0.15, -0.1) is 0 Å². The number of amides is 2. The molecule has 6 nitrogen and oxygen atoms in total. The van der Waals surface area contributed by atoms with Crippen LogP contribution in [0.1, 0.15) is 28.8 Å². The predicted molar refractivity (Wildman–Crippen MR) is 113 cm³/mol. The van der Waals surface area contributed by atoms with Crippen LogP contribution in [0.5, 0.6) is 11.5 Å². The van der Waals surface area contributed by atoms with Crippen molar-refractivity contribution >= 4 is 29.1 Å². The molecule has 0 spiro atoms. The minimum atomic E-state index is -0.136. The first-order valence-electron chi connectivity index (χ1n) is 9.51. The number of nitrogens with zero attached hydrogens (tertiary/aromatic N) is 1. The molecule has 0 atom stereocenters. The van der Waals surface area contributed by atoms with E-state index in [0.29, 0.717) is 48.0 Å². The van der Waals surface area contributed by atoms with Gasteiger partial charge in [-0.25, -0.2) is 0 Å². The number of carbonyl (C=O) groups is 2. The van der Waals surface area contributed by atoms with Gasteiger partial charge in [-0.2, -0.15) is 0 Å². The second kappa shape index (κ2) is 9.18. The zero-order valence-electron chi connectivity index (χ0n) is 16.8. The van der Waals surface area contributed by atoms with Crippen LogP contribution in [0.2, 0.25) is 5.02 Å². The van der Waals surface area contributed by atoms with E-state index in [1.165, 1.54) is 7.11 Å². The number of nitrogens with one attached hydrogen (secondary N) is 1. The zero-order chi connectivity index (χ0) is 21.0. The van der Waals surface area contributed by atoms with E-state index in [4.69, 9.17) is 21.1 Å². The second-order valence-corrected chi connectivity index (χ2v) is 7.52. The molecule has 1 N–H and O–H groups in total. The first-order chi connectivity index (χ1) is 13.9. The predicted octanol–water partition coefficient (Wildman–Crippen LogP) is 4.16. The molecule has 2 aromatic rings. The fraction of sp³-hybridized carbons (Fsp3) is 0.364. The third-order valence-corrected chi connectivity index (χ3v) is 5.48. The number of anilines is 1. The molecule has 0 saturated carbocycles. The topological polar surface area (TPSA) is 67.9 Å². The fourth-order valence-electron chi connectivity index (χ4n) is 3.46. The second-order valence-electron chi connectivity index (χ2n) is 7.08. The first kappa shape index (κ1) is 21.0. The van der Waals surface area contributed by atoms with Crippen molar-refractivity contribution in [3.63, 3.8) is 0 Å². The number of halogens is 1. The van der Waals surface area contributed by atoms with E-state index in [0.717, 1.165) is 11.3 Å². The molecule has 0 bridgehead atoms. The molecule has 3 rings (SSSR count). The van der Waals surface area contributed by atoms with Crippen LogP contribution in [0.4, 0.5) is 5.69 Å². The molecule has 0 unspecified atom stereocenters. The van der Waals surface area contributed by atoms with Crippen LogP contribution in [-0.2, 0) is 4.79 Å². The average Bonchev–Trinajstić information content (AvgIpc) is 2.75. The Balaban J connectivity index is 1.60. The van der Waals surface area contributed by atoms with Gasteiger partial charge in [0.15, 0.2) is 11.5 Å². The smallest absolute Gasteiger partial charge is 0.253 e. The van der Waals surface area contributed by atoms with Gasteiger partial charge in [0.2, 0.25) is 5.91 Å². The van der Waals surface area contributed by atoms with Crippen LogP contribution < -0.4 is 14.8 Å². The number of aryl methyl sites for hydroxylation is 1. The molecule has 0 aliphatic carbocycles. The van der Waals surface area contributed by atoms with Crippen LogP contribution in [0.25, 0.3) is 0 Å². The molecular weight excluding hydrogens is 392 g/mol. The number of methoxy groups -OCH3 is 2.